The van der Waals surface area contributed by atoms with Crippen LogP contribution in [-0.2, 0) is 4.79 Å². The molecule has 2 N–H and O–H groups in total. The van der Waals surface area contributed by atoms with Gasteiger partial charge in [0.15, 0.2) is 0 Å². The third-order valence-electron chi connectivity index (χ3n) is 5.00. The molecule has 0 aliphatic heterocycles. The number of amides is 1. The van der Waals surface area contributed by atoms with Crippen molar-refractivity contribution < 1.29 is 4.79 Å². The lowest BCUT2D eigenvalue weighted by molar-refractivity contribution is -0.138. The molecule has 4 heteroatoms. The van der Waals surface area contributed by atoms with Crippen molar-refractivity contribution in [3.05, 3.63) is 0 Å². The van der Waals surface area contributed by atoms with E-state index >= 15 is 0 Å². The highest BCUT2D eigenvalue weighted by Gasteiger charge is 2.51. The molecule has 3 aliphatic rings. The van der Waals surface area contributed by atoms with Gasteiger partial charge < -0.3 is 10.6 Å². The summed E-state index contributed by atoms with van der Waals surface area (Å²) in [4.78, 5) is 14.6. The number of hydrogen-bond acceptors (Lipinski definition) is 3. The maximum atomic E-state index is 12.7. The fourth-order valence-electron chi connectivity index (χ4n) is 3.92. The van der Waals surface area contributed by atoms with Crippen LogP contribution in [0.25, 0.3) is 0 Å². The summed E-state index contributed by atoms with van der Waals surface area (Å²) in [7, 11) is 0. The van der Waals surface area contributed by atoms with Gasteiger partial charge in [0.05, 0.1) is 18.4 Å². The van der Waals surface area contributed by atoms with Crippen LogP contribution >= 0.6 is 0 Å². The quantitative estimate of drug-likeness (QED) is 0.813. The number of carbonyl (C=O) groups excluding carboxylic acids is 1. The molecule has 3 saturated carbocycles. The number of hydrogen-bond donors (Lipinski definition) is 1. The minimum absolute atomic E-state index is 0.0445. The van der Waals surface area contributed by atoms with Gasteiger partial charge in [-0.15, -0.1) is 0 Å². The van der Waals surface area contributed by atoms with E-state index in [-0.39, 0.29) is 17.9 Å². The molecule has 2 bridgehead atoms. The van der Waals surface area contributed by atoms with Crippen molar-refractivity contribution in [1.29, 1.82) is 5.26 Å². The van der Waals surface area contributed by atoms with Crippen molar-refractivity contribution in [1.82, 2.24) is 4.90 Å². The number of fused-ring (bicyclic) bond motifs is 2. The van der Waals surface area contributed by atoms with Crippen LogP contribution in [-0.4, -0.2) is 29.4 Å². The van der Waals surface area contributed by atoms with Crippen LogP contribution in [0.2, 0.25) is 0 Å². The van der Waals surface area contributed by atoms with Gasteiger partial charge in [-0.05, 0) is 43.9 Å². The molecule has 3 aliphatic carbocycles. The van der Waals surface area contributed by atoms with Gasteiger partial charge in [0.1, 0.15) is 0 Å². The topological polar surface area (TPSA) is 70.1 Å². The highest BCUT2D eigenvalue weighted by atomic mass is 16.2. The Hall–Kier alpha value is -1.08. The van der Waals surface area contributed by atoms with Crippen LogP contribution in [0.15, 0.2) is 0 Å². The maximum absolute atomic E-state index is 12.7. The number of nitriles is 1. The third-order valence-corrected chi connectivity index (χ3v) is 5.00. The molecular formula is C14H21N3O. The zero-order chi connectivity index (χ0) is 12.7. The van der Waals surface area contributed by atoms with Crippen LogP contribution in [0.4, 0.5) is 0 Å². The largest absolute Gasteiger partial charge is 0.338 e. The van der Waals surface area contributed by atoms with E-state index in [1.54, 1.807) is 0 Å². The fraction of sp³-hybridized carbons (Fsp3) is 0.857. The standard InChI is InChI=1S/C14H21N3O/c15-6-1-7-17(11-4-5-11)14(18)12-9-2-3-10(8-9)13(12)16/h9-13H,1-5,7-8,16H2. The normalized spacial score (nSPS) is 37.6. The second kappa shape index (κ2) is 4.55. The summed E-state index contributed by atoms with van der Waals surface area (Å²) in [5, 5.41) is 8.71. The van der Waals surface area contributed by atoms with E-state index in [1.165, 1.54) is 12.8 Å². The molecule has 3 rings (SSSR count). The van der Waals surface area contributed by atoms with E-state index in [9.17, 15) is 4.79 Å². The van der Waals surface area contributed by atoms with Crippen molar-refractivity contribution in [3.8, 4) is 6.07 Å². The van der Waals surface area contributed by atoms with E-state index in [4.69, 9.17) is 11.0 Å². The molecule has 3 fully saturated rings. The summed E-state index contributed by atoms with van der Waals surface area (Å²) in [6.45, 7) is 0.598. The van der Waals surface area contributed by atoms with Gasteiger partial charge in [0, 0.05) is 18.6 Å². The summed E-state index contributed by atoms with van der Waals surface area (Å²) in [5.74, 6) is 1.37. The monoisotopic (exact) mass is 247 g/mol. The van der Waals surface area contributed by atoms with Gasteiger partial charge in [-0.25, -0.2) is 0 Å². The molecule has 0 spiro atoms. The molecule has 0 saturated heterocycles. The van der Waals surface area contributed by atoms with E-state index in [0.29, 0.717) is 30.8 Å². The van der Waals surface area contributed by atoms with Crippen LogP contribution in [0.1, 0.15) is 38.5 Å². The maximum Gasteiger partial charge on any atom is 0.227 e. The van der Waals surface area contributed by atoms with Crippen LogP contribution in [0.5, 0.6) is 0 Å². The molecule has 4 unspecified atom stereocenters. The fourth-order valence-corrected chi connectivity index (χ4v) is 3.92. The first kappa shape index (κ1) is 12.0. The Kier molecular flexibility index (Phi) is 3.03. The molecule has 0 aromatic carbocycles. The highest BCUT2D eigenvalue weighted by molar-refractivity contribution is 5.81. The molecule has 18 heavy (non-hydrogen) atoms. The summed E-state index contributed by atoms with van der Waals surface area (Å²) in [5.41, 5.74) is 6.24. The predicted molar refractivity (Wildman–Crippen MR) is 67.3 cm³/mol. The number of carbonyl (C=O) groups is 1. The minimum Gasteiger partial charge on any atom is -0.338 e. The Morgan fingerprint density at radius 2 is 2.00 bits per heavy atom. The molecule has 0 aromatic heterocycles. The zero-order valence-corrected chi connectivity index (χ0v) is 10.7. The third kappa shape index (κ3) is 1.91. The summed E-state index contributed by atoms with van der Waals surface area (Å²) < 4.78 is 0. The Morgan fingerprint density at radius 1 is 1.28 bits per heavy atom. The highest BCUT2D eigenvalue weighted by Crippen LogP contribution is 2.48. The summed E-state index contributed by atoms with van der Waals surface area (Å²) in [6.07, 6.45) is 6.18. The van der Waals surface area contributed by atoms with Gasteiger partial charge in [0.25, 0.3) is 0 Å². The number of nitrogens with zero attached hydrogens (tertiary/aromatic N) is 2. The molecular weight excluding hydrogens is 226 g/mol. The van der Waals surface area contributed by atoms with Crippen LogP contribution in [0, 0.1) is 29.1 Å². The zero-order valence-electron chi connectivity index (χ0n) is 10.7. The van der Waals surface area contributed by atoms with Crippen LogP contribution < -0.4 is 5.73 Å². The van der Waals surface area contributed by atoms with Crippen molar-refractivity contribution in [2.45, 2.75) is 50.6 Å². The van der Waals surface area contributed by atoms with Crippen molar-refractivity contribution in [3.63, 3.8) is 0 Å². The first-order valence-corrected chi connectivity index (χ1v) is 7.15. The van der Waals surface area contributed by atoms with E-state index in [0.717, 1.165) is 19.3 Å². The Labute approximate surface area is 108 Å². The summed E-state index contributed by atoms with van der Waals surface area (Å²) >= 11 is 0. The lowest BCUT2D eigenvalue weighted by atomic mass is 9.84. The summed E-state index contributed by atoms with van der Waals surface area (Å²) in [6, 6.07) is 2.62. The molecule has 4 atom stereocenters. The van der Waals surface area contributed by atoms with Crippen molar-refractivity contribution in [2.75, 3.05) is 6.54 Å². The Balaban J connectivity index is 1.70. The van der Waals surface area contributed by atoms with Gasteiger partial charge in [0.2, 0.25) is 5.91 Å². The molecule has 4 nitrogen and oxygen atoms in total. The molecule has 0 aromatic rings. The molecule has 1 amide bonds. The lowest BCUT2D eigenvalue weighted by Crippen LogP contribution is -2.48. The van der Waals surface area contributed by atoms with Gasteiger partial charge in [-0.1, -0.05) is 0 Å². The van der Waals surface area contributed by atoms with Crippen molar-refractivity contribution in [2.24, 2.45) is 23.5 Å². The molecule has 0 radical (unpaired) electrons. The van der Waals surface area contributed by atoms with Gasteiger partial charge >= 0.3 is 0 Å². The first-order chi connectivity index (χ1) is 8.72. The number of nitrogens with two attached hydrogens (primary N) is 1. The van der Waals surface area contributed by atoms with E-state index in [2.05, 4.69) is 6.07 Å². The van der Waals surface area contributed by atoms with Gasteiger partial charge in [-0.2, -0.15) is 5.26 Å². The average molecular weight is 247 g/mol. The average Bonchev–Trinajstić information content (AvgIpc) is 3.00. The molecule has 98 valence electrons. The van der Waals surface area contributed by atoms with Gasteiger partial charge in [-0.3, -0.25) is 4.79 Å². The van der Waals surface area contributed by atoms with E-state index < -0.39 is 0 Å². The van der Waals surface area contributed by atoms with Crippen LogP contribution in [0.3, 0.4) is 0 Å². The Bertz CT molecular complexity index is 383. The number of rotatable bonds is 4. The van der Waals surface area contributed by atoms with E-state index in [1.807, 2.05) is 4.90 Å². The lowest BCUT2D eigenvalue weighted by Gasteiger charge is -2.32. The Morgan fingerprint density at radius 3 is 2.56 bits per heavy atom. The minimum atomic E-state index is 0.0445. The predicted octanol–water partition coefficient (Wildman–Crippen LogP) is 1.26. The second-order valence-corrected chi connectivity index (χ2v) is 6.11. The smallest absolute Gasteiger partial charge is 0.227 e. The van der Waals surface area contributed by atoms with Crippen molar-refractivity contribution >= 4 is 5.91 Å². The second-order valence-electron chi connectivity index (χ2n) is 6.11. The first-order valence-electron chi connectivity index (χ1n) is 7.15. The SMILES string of the molecule is N#CCCN(C(=O)C1C2CCC(C2)C1N)C1CC1. The molecule has 0 heterocycles.